The molecule has 0 bridgehead atoms. The molecule has 0 N–H and O–H groups in total. The molecule has 5 heteroatoms. The minimum absolute atomic E-state index is 0.448. The van der Waals surface area contributed by atoms with E-state index in [1.165, 1.54) is 0 Å². The number of hydrogen-bond donors (Lipinski definition) is 0. The Morgan fingerprint density at radius 2 is 1.90 bits per heavy atom. The van der Waals surface area contributed by atoms with E-state index in [1.807, 2.05) is 31.2 Å². The Hall–Kier alpha value is -1.08. The molecule has 0 aliphatic rings. The topological polar surface area (TPSA) is 35.5 Å². The Bertz CT molecular complexity index is 626. The van der Waals surface area contributed by atoms with Gasteiger partial charge in [0.15, 0.2) is 11.5 Å². The zero-order chi connectivity index (χ0) is 15.2. The van der Waals surface area contributed by atoms with E-state index in [2.05, 4.69) is 38.5 Å². The summed E-state index contributed by atoms with van der Waals surface area (Å²) in [6.07, 6.45) is 0.809. The summed E-state index contributed by atoms with van der Waals surface area (Å²) < 4.78 is 13.3. The van der Waals surface area contributed by atoms with Gasteiger partial charge in [0.25, 0.3) is 0 Å². The van der Waals surface area contributed by atoms with Crippen LogP contribution in [0.1, 0.15) is 22.8 Å². The SMILES string of the molecule is CCOc1cc(C=O)cc(I)c1OCc1ccc(Br)cc1. The van der Waals surface area contributed by atoms with Gasteiger partial charge in [-0.15, -0.1) is 0 Å². The number of ether oxygens (including phenoxy) is 2. The number of carbonyl (C=O) groups excluding carboxylic acids is 1. The van der Waals surface area contributed by atoms with Crippen molar-refractivity contribution in [1.82, 2.24) is 0 Å². The van der Waals surface area contributed by atoms with E-state index >= 15 is 0 Å². The second-order valence-electron chi connectivity index (χ2n) is 4.30. The molecule has 0 aromatic heterocycles. The quantitative estimate of drug-likeness (QED) is 0.457. The fraction of sp³-hybridized carbons (Fsp3) is 0.188. The van der Waals surface area contributed by atoms with Crippen molar-refractivity contribution >= 4 is 44.8 Å². The van der Waals surface area contributed by atoms with E-state index in [1.54, 1.807) is 12.1 Å². The molecule has 2 rings (SSSR count). The Balaban J connectivity index is 2.21. The van der Waals surface area contributed by atoms with Crippen molar-refractivity contribution in [3.05, 3.63) is 55.6 Å². The zero-order valence-corrected chi connectivity index (χ0v) is 15.2. The Morgan fingerprint density at radius 1 is 1.19 bits per heavy atom. The summed E-state index contributed by atoms with van der Waals surface area (Å²) in [5.74, 6) is 1.27. The monoisotopic (exact) mass is 460 g/mol. The lowest BCUT2D eigenvalue weighted by Crippen LogP contribution is -2.02. The summed E-state index contributed by atoms with van der Waals surface area (Å²) in [5, 5.41) is 0. The molecule has 0 saturated carbocycles. The molecular weight excluding hydrogens is 447 g/mol. The van der Waals surface area contributed by atoms with E-state index in [-0.39, 0.29) is 0 Å². The van der Waals surface area contributed by atoms with Crippen molar-refractivity contribution in [2.24, 2.45) is 0 Å². The summed E-state index contributed by atoms with van der Waals surface area (Å²) in [4.78, 5) is 10.9. The van der Waals surface area contributed by atoms with Crippen LogP contribution < -0.4 is 9.47 Å². The first-order valence-electron chi connectivity index (χ1n) is 6.42. The van der Waals surface area contributed by atoms with Crippen molar-refractivity contribution in [3.63, 3.8) is 0 Å². The van der Waals surface area contributed by atoms with Crippen molar-refractivity contribution in [3.8, 4) is 11.5 Å². The van der Waals surface area contributed by atoms with Crippen molar-refractivity contribution in [2.45, 2.75) is 13.5 Å². The molecule has 0 heterocycles. The Morgan fingerprint density at radius 3 is 2.52 bits per heavy atom. The van der Waals surface area contributed by atoms with Crippen LogP contribution in [0, 0.1) is 3.57 Å². The largest absolute Gasteiger partial charge is 0.490 e. The second-order valence-corrected chi connectivity index (χ2v) is 6.37. The third kappa shape index (κ3) is 4.44. The Labute approximate surface area is 145 Å². The molecule has 2 aromatic rings. The number of halogens is 2. The zero-order valence-electron chi connectivity index (χ0n) is 11.4. The first kappa shape index (κ1) is 16.3. The van der Waals surface area contributed by atoms with Gasteiger partial charge in [0.2, 0.25) is 0 Å². The first-order valence-corrected chi connectivity index (χ1v) is 8.30. The predicted molar refractivity (Wildman–Crippen MR) is 94.2 cm³/mol. The molecule has 0 radical (unpaired) electrons. The van der Waals surface area contributed by atoms with Gasteiger partial charge in [-0.05, 0) is 59.3 Å². The molecule has 2 aromatic carbocycles. The molecule has 3 nitrogen and oxygen atoms in total. The summed E-state index contributed by atoms with van der Waals surface area (Å²) in [5.41, 5.74) is 1.65. The number of aldehydes is 1. The molecule has 0 atom stereocenters. The van der Waals surface area contributed by atoms with Crippen molar-refractivity contribution in [2.75, 3.05) is 6.61 Å². The maximum atomic E-state index is 10.9. The lowest BCUT2D eigenvalue weighted by Gasteiger charge is -2.14. The van der Waals surface area contributed by atoms with Crippen LogP contribution in [-0.2, 0) is 6.61 Å². The van der Waals surface area contributed by atoms with Gasteiger partial charge < -0.3 is 9.47 Å². The third-order valence-corrected chi connectivity index (χ3v) is 4.09. The Kier molecular flexibility index (Phi) is 6.05. The first-order chi connectivity index (χ1) is 10.1. The molecule has 110 valence electrons. The maximum absolute atomic E-state index is 10.9. The highest BCUT2D eigenvalue weighted by Crippen LogP contribution is 2.34. The predicted octanol–water partition coefficient (Wildman–Crippen LogP) is 4.84. The van der Waals surface area contributed by atoms with Gasteiger partial charge in [-0.1, -0.05) is 28.1 Å². The van der Waals surface area contributed by atoms with Gasteiger partial charge in [0.05, 0.1) is 10.2 Å². The van der Waals surface area contributed by atoms with Crippen molar-refractivity contribution in [1.29, 1.82) is 0 Å². The van der Waals surface area contributed by atoms with Gasteiger partial charge in [-0.25, -0.2) is 0 Å². The van der Waals surface area contributed by atoms with Crippen LogP contribution in [0.2, 0.25) is 0 Å². The lowest BCUT2D eigenvalue weighted by molar-refractivity contribution is 0.112. The van der Waals surface area contributed by atoms with Gasteiger partial charge in [-0.3, -0.25) is 4.79 Å². The molecule has 0 fully saturated rings. The molecule has 0 saturated heterocycles. The number of hydrogen-bond acceptors (Lipinski definition) is 3. The van der Waals surface area contributed by atoms with E-state index in [4.69, 9.17) is 9.47 Å². The van der Waals surface area contributed by atoms with E-state index < -0.39 is 0 Å². The molecule has 0 spiro atoms. The van der Waals surface area contributed by atoms with Crippen LogP contribution in [0.15, 0.2) is 40.9 Å². The van der Waals surface area contributed by atoms with E-state index in [9.17, 15) is 4.79 Å². The van der Waals surface area contributed by atoms with Crippen molar-refractivity contribution < 1.29 is 14.3 Å². The lowest BCUT2D eigenvalue weighted by atomic mass is 10.2. The average Bonchev–Trinajstić information content (AvgIpc) is 2.48. The van der Waals surface area contributed by atoms with Crippen LogP contribution in [0.3, 0.4) is 0 Å². The van der Waals surface area contributed by atoms with Crippen LogP contribution in [0.5, 0.6) is 11.5 Å². The van der Waals surface area contributed by atoms with Crippen LogP contribution in [0.25, 0.3) is 0 Å². The number of benzene rings is 2. The van der Waals surface area contributed by atoms with E-state index in [0.717, 1.165) is 19.9 Å². The third-order valence-electron chi connectivity index (χ3n) is 2.76. The molecule has 0 aliphatic carbocycles. The highest BCUT2D eigenvalue weighted by molar-refractivity contribution is 14.1. The fourth-order valence-electron chi connectivity index (χ4n) is 1.80. The van der Waals surface area contributed by atoms with Gasteiger partial charge in [0, 0.05) is 10.0 Å². The van der Waals surface area contributed by atoms with Gasteiger partial charge >= 0.3 is 0 Å². The smallest absolute Gasteiger partial charge is 0.175 e. The maximum Gasteiger partial charge on any atom is 0.175 e. The van der Waals surface area contributed by atoms with Gasteiger partial charge in [0.1, 0.15) is 12.9 Å². The summed E-state index contributed by atoms with van der Waals surface area (Å²) in [6.45, 7) is 2.87. The van der Waals surface area contributed by atoms with Gasteiger partial charge in [-0.2, -0.15) is 0 Å². The highest BCUT2D eigenvalue weighted by atomic mass is 127. The number of carbonyl (C=O) groups is 1. The highest BCUT2D eigenvalue weighted by Gasteiger charge is 2.12. The standard InChI is InChI=1S/C16H14BrIO3/c1-2-20-15-8-12(9-19)7-14(18)16(15)21-10-11-3-5-13(17)6-4-11/h3-9H,2,10H2,1H3. The molecule has 0 amide bonds. The van der Waals surface area contributed by atoms with E-state index in [0.29, 0.717) is 30.3 Å². The van der Waals surface area contributed by atoms with Crippen LogP contribution in [0.4, 0.5) is 0 Å². The normalized spacial score (nSPS) is 10.2. The summed E-state index contributed by atoms with van der Waals surface area (Å²) in [6, 6.07) is 11.4. The number of rotatable bonds is 6. The average molecular weight is 461 g/mol. The second kappa shape index (κ2) is 7.79. The molecular formula is C16H14BrIO3. The molecule has 21 heavy (non-hydrogen) atoms. The minimum Gasteiger partial charge on any atom is -0.490 e. The fourth-order valence-corrected chi connectivity index (χ4v) is 2.84. The summed E-state index contributed by atoms with van der Waals surface area (Å²) >= 11 is 5.56. The van der Waals surface area contributed by atoms with Crippen LogP contribution >= 0.6 is 38.5 Å². The molecule has 0 aliphatic heterocycles. The summed E-state index contributed by atoms with van der Waals surface area (Å²) in [7, 11) is 0. The molecule has 0 unspecified atom stereocenters. The van der Waals surface area contributed by atoms with Crippen LogP contribution in [-0.4, -0.2) is 12.9 Å². The minimum atomic E-state index is 0.448.